The van der Waals surface area contributed by atoms with Crippen molar-refractivity contribution in [2.24, 2.45) is 17.3 Å². The zero-order valence-corrected chi connectivity index (χ0v) is 18.2. The van der Waals surface area contributed by atoms with E-state index in [9.17, 15) is 0 Å². The molecule has 0 aromatic carbocycles. The predicted molar refractivity (Wildman–Crippen MR) is 114 cm³/mol. The van der Waals surface area contributed by atoms with Crippen LogP contribution in [-0.2, 0) is 0 Å². The molecule has 2 aliphatic rings. The van der Waals surface area contributed by atoms with E-state index in [4.69, 9.17) is 0 Å². The van der Waals surface area contributed by atoms with Gasteiger partial charge in [0.05, 0.1) is 6.54 Å². The monoisotopic (exact) mass is 360 g/mol. The maximum Gasteiger partial charge on any atom is 0.0601 e. The first kappa shape index (κ1) is 21.8. The molecular weight excluding hydrogens is 316 g/mol. The molecule has 150 valence electrons. The highest BCUT2D eigenvalue weighted by Crippen LogP contribution is 2.41. The van der Waals surface area contributed by atoms with Gasteiger partial charge in [-0.2, -0.15) is 0 Å². The first-order valence-electron chi connectivity index (χ1n) is 11.5. The third-order valence-corrected chi connectivity index (χ3v) is 6.86. The minimum absolute atomic E-state index is 0.555. The Labute approximate surface area is 164 Å². The number of piperidine rings is 1. The molecule has 2 atom stereocenters. The molecule has 0 bridgehead atoms. The van der Waals surface area contributed by atoms with Crippen LogP contribution in [-0.4, -0.2) is 49.1 Å². The molecular formula is C24H44N2. The molecule has 26 heavy (non-hydrogen) atoms. The lowest BCUT2D eigenvalue weighted by Crippen LogP contribution is -2.61. The van der Waals surface area contributed by atoms with Crippen LogP contribution in [0.2, 0.25) is 0 Å². The van der Waals surface area contributed by atoms with E-state index in [-0.39, 0.29) is 0 Å². The smallest absolute Gasteiger partial charge is 0.0601 e. The van der Waals surface area contributed by atoms with Crippen molar-refractivity contribution in [2.45, 2.75) is 85.5 Å². The van der Waals surface area contributed by atoms with E-state index in [1.54, 1.807) is 0 Å². The van der Waals surface area contributed by atoms with Gasteiger partial charge in [0.2, 0.25) is 0 Å². The summed E-state index contributed by atoms with van der Waals surface area (Å²) < 4.78 is 0. The normalized spacial score (nSPS) is 22.5. The SMILES string of the molecule is CCCCCCC(CC)CN1CC2(CCN(CC#CC(C)CC)CC2)C1. The lowest BCUT2D eigenvalue weighted by Gasteiger charge is -2.54. The minimum Gasteiger partial charge on any atom is -0.302 e. The number of likely N-dealkylation sites (tertiary alicyclic amines) is 2. The third-order valence-electron chi connectivity index (χ3n) is 6.86. The lowest BCUT2D eigenvalue weighted by molar-refractivity contribution is -0.0520. The van der Waals surface area contributed by atoms with Crippen LogP contribution < -0.4 is 0 Å². The maximum atomic E-state index is 3.41. The number of unbranched alkanes of at least 4 members (excludes halogenated alkanes) is 3. The summed E-state index contributed by atoms with van der Waals surface area (Å²) >= 11 is 0. The quantitative estimate of drug-likeness (QED) is 0.378. The second-order valence-electron chi connectivity index (χ2n) is 9.20. The van der Waals surface area contributed by atoms with Crippen molar-refractivity contribution in [3.63, 3.8) is 0 Å². The van der Waals surface area contributed by atoms with Crippen LogP contribution in [0, 0.1) is 29.1 Å². The highest BCUT2D eigenvalue weighted by atomic mass is 15.2. The highest BCUT2D eigenvalue weighted by Gasteiger charge is 2.44. The largest absolute Gasteiger partial charge is 0.302 e. The Morgan fingerprint density at radius 1 is 0.923 bits per heavy atom. The summed E-state index contributed by atoms with van der Waals surface area (Å²) in [5.74, 6) is 8.28. The average molecular weight is 361 g/mol. The summed E-state index contributed by atoms with van der Waals surface area (Å²) in [6.45, 7) is 16.7. The molecule has 0 aliphatic carbocycles. The first-order chi connectivity index (χ1) is 12.6. The molecule has 0 aromatic rings. The van der Waals surface area contributed by atoms with E-state index in [0.717, 1.165) is 12.5 Å². The average Bonchev–Trinajstić information content (AvgIpc) is 2.63. The highest BCUT2D eigenvalue weighted by molar-refractivity contribution is 5.06. The fourth-order valence-corrected chi connectivity index (χ4v) is 4.62. The Hall–Kier alpha value is -0.520. The standard InChI is InChI=1S/C24H44N2/c1-5-8-9-10-13-23(7-3)19-26-20-24(21-26)14-17-25(18-15-24)16-11-12-22(4)6-2/h22-23H,5-10,13-21H2,1-4H3. The van der Waals surface area contributed by atoms with E-state index in [1.807, 2.05) is 0 Å². The van der Waals surface area contributed by atoms with Crippen LogP contribution in [0.5, 0.6) is 0 Å². The molecule has 2 heterocycles. The van der Waals surface area contributed by atoms with Gasteiger partial charge < -0.3 is 4.90 Å². The summed E-state index contributed by atoms with van der Waals surface area (Å²) in [7, 11) is 0. The molecule has 2 saturated heterocycles. The van der Waals surface area contributed by atoms with E-state index in [2.05, 4.69) is 49.3 Å². The molecule has 1 spiro atoms. The van der Waals surface area contributed by atoms with Crippen molar-refractivity contribution in [3.8, 4) is 11.8 Å². The predicted octanol–water partition coefficient (Wildman–Crippen LogP) is 5.43. The Morgan fingerprint density at radius 3 is 2.27 bits per heavy atom. The van der Waals surface area contributed by atoms with Gasteiger partial charge in [0.1, 0.15) is 0 Å². The van der Waals surface area contributed by atoms with Crippen LogP contribution in [0.3, 0.4) is 0 Å². The van der Waals surface area contributed by atoms with Crippen LogP contribution >= 0.6 is 0 Å². The van der Waals surface area contributed by atoms with E-state index in [0.29, 0.717) is 11.3 Å². The summed E-state index contributed by atoms with van der Waals surface area (Å²) in [5.41, 5.74) is 0.654. The molecule has 2 unspecified atom stereocenters. The topological polar surface area (TPSA) is 6.48 Å². The molecule has 2 rings (SSSR count). The zero-order chi connectivity index (χ0) is 18.8. The van der Waals surface area contributed by atoms with Crippen molar-refractivity contribution < 1.29 is 0 Å². The van der Waals surface area contributed by atoms with Crippen molar-refractivity contribution >= 4 is 0 Å². The molecule has 2 nitrogen and oxygen atoms in total. The molecule has 0 amide bonds. The van der Waals surface area contributed by atoms with Gasteiger partial charge in [-0.25, -0.2) is 0 Å². The molecule has 2 aliphatic heterocycles. The molecule has 0 saturated carbocycles. The summed E-state index contributed by atoms with van der Waals surface area (Å²) in [6.07, 6.45) is 12.4. The van der Waals surface area contributed by atoms with Crippen LogP contribution in [0.1, 0.15) is 85.5 Å². The molecule has 0 aromatic heterocycles. The van der Waals surface area contributed by atoms with Crippen molar-refractivity contribution in [2.75, 3.05) is 39.3 Å². The van der Waals surface area contributed by atoms with Crippen LogP contribution in [0.15, 0.2) is 0 Å². The van der Waals surface area contributed by atoms with Crippen LogP contribution in [0.25, 0.3) is 0 Å². The summed E-state index contributed by atoms with van der Waals surface area (Å²) in [6, 6.07) is 0. The van der Waals surface area contributed by atoms with E-state index >= 15 is 0 Å². The Bertz CT molecular complexity index is 431. The summed E-state index contributed by atoms with van der Waals surface area (Å²) in [4.78, 5) is 5.33. The van der Waals surface area contributed by atoms with Crippen molar-refractivity contribution in [3.05, 3.63) is 0 Å². The first-order valence-corrected chi connectivity index (χ1v) is 11.5. The van der Waals surface area contributed by atoms with Gasteiger partial charge in [0.15, 0.2) is 0 Å². The molecule has 0 N–H and O–H groups in total. The Morgan fingerprint density at radius 2 is 1.65 bits per heavy atom. The van der Waals surface area contributed by atoms with Gasteiger partial charge in [0.25, 0.3) is 0 Å². The number of hydrogen-bond donors (Lipinski definition) is 0. The van der Waals surface area contributed by atoms with E-state index < -0.39 is 0 Å². The Balaban J connectivity index is 1.62. The second kappa shape index (κ2) is 11.4. The zero-order valence-electron chi connectivity index (χ0n) is 18.2. The number of hydrogen-bond acceptors (Lipinski definition) is 2. The molecule has 0 radical (unpaired) electrons. The van der Waals surface area contributed by atoms with Gasteiger partial charge in [-0.3, -0.25) is 4.90 Å². The third kappa shape index (κ3) is 6.90. The number of rotatable bonds is 10. The fourth-order valence-electron chi connectivity index (χ4n) is 4.62. The molecule has 2 fully saturated rings. The van der Waals surface area contributed by atoms with Crippen molar-refractivity contribution in [1.29, 1.82) is 0 Å². The van der Waals surface area contributed by atoms with Gasteiger partial charge in [-0.1, -0.05) is 71.6 Å². The Kier molecular flexibility index (Phi) is 9.51. The maximum absolute atomic E-state index is 3.41. The minimum atomic E-state index is 0.555. The molecule has 2 heteroatoms. The lowest BCUT2D eigenvalue weighted by atomic mass is 9.71. The fraction of sp³-hybridized carbons (Fsp3) is 0.917. The van der Waals surface area contributed by atoms with Gasteiger partial charge in [-0.05, 0) is 50.1 Å². The second-order valence-corrected chi connectivity index (χ2v) is 9.20. The number of nitrogens with zero attached hydrogens (tertiary/aromatic N) is 2. The summed E-state index contributed by atoms with van der Waals surface area (Å²) in [5, 5.41) is 0. The van der Waals surface area contributed by atoms with Gasteiger partial charge in [-0.15, -0.1) is 0 Å². The van der Waals surface area contributed by atoms with Gasteiger partial charge in [0, 0.05) is 25.6 Å². The van der Waals surface area contributed by atoms with E-state index in [1.165, 1.54) is 90.5 Å². The van der Waals surface area contributed by atoms with Crippen molar-refractivity contribution in [1.82, 2.24) is 9.80 Å². The van der Waals surface area contributed by atoms with Gasteiger partial charge >= 0.3 is 0 Å². The van der Waals surface area contributed by atoms with Crippen LogP contribution in [0.4, 0.5) is 0 Å².